The molecule has 0 bridgehead atoms. The van der Waals surface area contributed by atoms with Gasteiger partial charge in [0.2, 0.25) is 0 Å². The molecular weight excluding hydrogens is 323 g/mol. The monoisotopic (exact) mass is 340 g/mol. The van der Waals surface area contributed by atoms with E-state index in [1.165, 1.54) is 6.07 Å². The Morgan fingerprint density at radius 2 is 2.20 bits per heavy atom. The summed E-state index contributed by atoms with van der Waals surface area (Å²) in [6, 6.07) is 8.68. The Kier molecular flexibility index (Phi) is 5.34. The first kappa shape index (κ1) is 15.2. The smallest absolute Gasteiger partial charge is 0.129 e. The zero-order chi connectivity index (χ0) is 14.5. The predicted molar refractivity (Wildman–Crippen MR) is 80.7 cm³/mol. The first-order valence-corrected chi connectivity index (χ1v) is 7.36. The van der Waals surface area contributed by atoms with E-state index >= 15 is 0 Å². The highest BCUT2D eigenvalue weighted by Gasteiger charge is 2.21. The van der Waals surface area contributed by atoms with E-state index in [9.17, 15) is 4.39 Å². The lowest BCUT2D eigenvalue weighted by Gasteiger charge is -2.29. The van der Waals surface area contributed by atoms with Gasteiger partial charge in [0.05, 0.1) is 18.8 Å². The highest BCUT2D eigenvalue weighted by Crippen LogP contribution is 2.26. The van der Waals surface area contributed by atoms with Crippen molar-refractivity contribution in [3.8, 4) is 0 Å². The average Bonchev–Trinajstić information content (AvgIpc) is 2.93. The Morgan fingerprint density at radius 3 is 2.75 bits per heavy atom. The van der Waals surface area contributed by atoms with Crippen LogP contribution in [0.15, 0.2) is 45.5 Å². The lowest BCUT2D eigenvalue weighted by molar-refractivity contribution is 0.184. The minimum absolute atomic E-state index is 0.168. The number of halogens is 2. The van der Waals surface area contributed by atoms with Crippen LogP contribution in [-0.4, -0.2) is 18.0 Å². The van der Waals surface area contributed by atoms with Crippen LogP contribution in [0.1, 0.15) is 24.3 Å². The number of nitrogens with zero attached hydrogens (tertiary/aromatic N) is 1. The molecule has 5 heteroatoms. The van der Waals surface area contributed by atoms with E-state index in [1.807, 2.05) is 25.1 Å². The Hall–Kier alpha value is -1.17. The van der Waals surface area contributed by atoms with Gasteiger partial charge in [0.1, 0.15) is 11.6 Å². The fourth-order valence-corrected chi connectivity index (χ4v) is 2.62. The van der Waals surface area contributed by atoms with E-state index in [4.69, 9.17) is 10.2 Å². The second kappa shape index (κ2) is 7.02. The van der Waals surface area contributed by atoms with Gasteiger partial charge in [-0.2, -0.15) is 0 Å². The zero-order valence-electron chi connectivity index (χ0n) is 11.4. The minimum atomic E-state index is -0.243. The maximum atomic E-state index is 14.1. The third-order valence-electron chi connectivity index (χ3n) is 3.33. The summed E-state index contributed by atoms with van der Waals surface area (Å²) in [5, 5.41) is 0. The SMILES string of the molecule is CCN(Cc1ccco1)C(CN)c1ccc(Br)cc1F. The molecule has 1 atom stereocenters. The molecule has 0 saturated heterocycles. The quantitative estimate of drug-likeness (QED) is 0.871. The van der Waals surface area contributed by atoms with E-state index in [-0.39, 0.29) is 11.9 Å². The van der Waals surface area contributed by atoms with Gasteiger partial charge in [0.15, 0.2) is 0 Å². The van der Waals surface area contributed by atoms with E-state index in [2.05, 4.69) is 20.8 Å². The van der Waals surface area contributed by atoms with Crippen molar-refractivity contribution in [2.45, 2.75) is 19.5 Å². The normalized spacial score (nSPS) is 12.8. The van der Waals surface area contributed by atoms with Crippen LogP contribution in [0.3, 0.4) is 0 Å². The number of furan rings is 1. The molecule has 2 N–H and O–H groups in total. The molecule has 3 nitrogen and oxygen atoms in total. The van der Waals surface area contributed by atoms with Gasteiger partial charge in [-0.15, -0.1) is 0 Å². The maximum Gasteiger partial charge on any atom is 0.129 e. The van der Waals surface area contributed by atoms with Crippen LogP contribution in [0, 0.1) is 5.82 Å². The highest BCUT2D eigenvalue weighted by molar-refractivity contribution is 9.10. The molecular formula is C15H18BrFN2O. The van der Waals surface area contributed by atoms with Crippen LogP contribution in [0.25, 0.3) is 0 Å². The molecule has 0 aliphatic carbocycles. The van der Waals surface area contributed by atoms with Gasteiger partial charge in [0.25, 0.3) is 0 Å². The van der Waals surface area contributed by atoms with Gasteiger partial charge in [-0.3, -0.25) is 4.90 Å². The Bertz CT molecular complexity index is 545. The third kappa shape index (κ3) is 3.48. The molecule has 0 amide bonds. The first-order chi connectivity index (χ1) is 9.65. The fraction of sp³-hybridized carbons (Fsp3) is 0.333. The van der Waals surface area contributed by atoms with Crippen LogP contribution in [0.2, 0.25) is 0 Å². The molecule has 108 valence electrons. The predicted octanol–water partition coefficient (Wildman–Crippen LogP) is 3.70. The molecule has 0 fully saturated rings. The molecule has 1 heterocycles. The highest BCUT2D eigenvalue weighted by atomic mass is 79.9. The van der Waals surface area contributed by atoms with E-state index < -0.39 is 0 Å². The maximum absolute atomic E-state index is 14.1. The summed E-state index contributed by atoms with van der Waals surface area (Å²) in [4.78, 5) is 2.10. The number of benzene rings is 1. The fourth-order valence-electron chi connectivity index (χ4n) is 2.29. The number of likely N-dealkylation sites (N-methyl/N-ethyl adjacent to an activating group) is 1. The van der Waals surface area contributed by atoms with Crippen LogP contribution in [0.4, 0.5) is 4.39 Å². The summed E-state index contributed by atoms with van der Waals surface area (Å²) in [5.74, 6) is 0.607. The van der Waals surface area contributed by atoms with Gasteiger partial charge < -0.3 is 10.2 Å². The van der Waals surface area contributed by atoms with Crippen LogP contribution in [0.5, 0.6) is 0 Å². The Labute approximate surface area is 126 Å². The topological polar surface area (TPSA) is 42.4 Å². The summed E-state index contributed by atoms with van der Waals surface area (Å²) in [5.41, 5.74) is 6.48. The largest absolute Gasteiger partial charge is 0.468 e. The summed E-state index contributed by atoms with van der Waals surface area (Å²) >= 11 is 3.27. The summed E-state index contributed by atoms with van der Waals surface area (Å²) in [6.45, 7) is 3.76. The van der Waals surface area contributed by atoms with Gasteiger partial charge in [-0.05, 0) is 30.8 Å². The molecule has 20 heavy (non-hydrogen) atoms. The third-order valence-corrected chi connectivity index (χ3v) is 3.82. The zero-order valence-corrected chi connectivity index (χ0v) is 12.9. The second-order valence-electron chi connectivity index (χ2n) is 4.56. The Morgan fingerprint density at radius 1 is 1.40 bits per heavy atom. The first-order valence-electron chi connectivity index (χ1n) is 6.57. The number of nitrogens with two attached hydrogens (primary N) is 1. The summed E-state index contributed by atoms with van der Waals surface area (Å²) < 4.78 is 20.2. The van der Waals surface area contributed by atoms with Crippen LogP contribution < -0.4 is 5.73 Å². The van der Waals surface area contributed by atoms with Gasteiger partial charge >= 0.3 is 0 Å². The van der Waals surface area contributed by atoms with Crippen molar-refractivity contribution in [2.75, 3.05) is 13.1 Å². The molecule has 0 aliphatic heterocycles. The van der Waals surface area contributed by atoms with Crippen molar-refractivity contribution in [2.24, 2.45) is 5.73 Å². The van der Waals surface area contributed by atoms with Crippen LogP contribution in [-0.2, 0) is 6.54 Å². The van der Waals surface area contributed by atoms with Crippen molar-refractivity contribution < 1.29 is 8.81 Å². The molecule has 2 aromatic rings. The standard InChI is InChI=1S/C15H18BrFN2O/c1-2-19(10-12-4-3-7-20-12)15(9-18)13-6-5-11(16)8-14(13)17/h3-8,15H,2,9-10,18H2,1H3. The number of hydrogen-bond acceptors (Lipinski definition) is 3. The van der Waals surface area contributed by atoms with Crippen molar-refractivity contribution in [3.63, 3.8) is 0 Å². The number of hydrogen-bond donors (Lipinski definition) is 1. The van der Waals surface area contributed by atoms with Gasteiger partial charge in [0, 0.05) is 16.6 Å². The van der Waals surface area contributed by atoms with E-state index in [1.54, 1.807) is 12.3 Å². The van der Waals surface area contributed by atoms with Crippen molar-refractivity contribution in [1.82, 2.24) is 4.90 Å². The lowest BCUT2D eigenvalue weighted by Crippen LogP contribution is -2.33. The summed E-state index contributed by atoms with van der Waals surface area (Å²) in [6.07, 6.45) is 1.64. The van der Waals surface area contributed by atoms with Gasteiger partial charge in [-0.1, -0.05) is 28.9 Å². The molecule has 1 aromatic heterocycles. The molecule has 1 aromatic carbocycles. The second-order valence-corrected chi connectivity index (χ2v) is 5.48. The van der Waals surface area contributed by atoms with Crippen molar-refractivity contribution in [1.29, 1.82) is 0 Å². The van der Waals surface area contributed by atoms with Crippen LogP contribution >= 0.6 is 15.9 Å². The van der Waals surface area contributed by atoms with Gasteiger partial charge in [-0.25, -0.2) is 4.39 Å². The van der Waals surface area contributed by atoms with Crippen molar-refractivity contribution in [3.05, 3.63) is 58.2 Å². The van der Waals surface area contributed by atoms with E-state index in [0.717, 1.165) is 16.8 Å². The lowest BCUT2D eigenvalue weighted by atomic mass is 10.0. The molecule has 1 unspecified atom stereocenters. The molecule has 0 spiro atoms. The van der Waals surface area contributed by atoms with E-state index in [0.29, 0.717) is 18.7 Å². The molecule has 2 rings (SSSR count). The minimum Gasteiger partial charge on any atom is -0.468 e. The molecule has 0 aliphatic rings. The molecule has 0 radical (unpaired) electrons. The Balaban J connectivity index is 2.24. The van der Waals surface area contributed by atoms with Crippen molar-refractivity contribution >= 4 is 15.9 Å². The molecule has 0 saturated carbocycles. The number of rotatable bonds is 6. The summed E-state index contributed by atoms with van der Waals surface area (Å²) in [7, 11) is 0. The average molecular weight is 341 g/mol.